The first-order valence-electron chi connectivity index (χ1n) is 7.54. The Hall–Kier alpha value is -2.51. The molecule has 1 aliphatic heterocycles. The van der Waals surface area contributed by atoms with Crippen molar-refractivity contribution >= 4 is 39.2 Å². The molecule has 2 aromatic carbocycles. The van der Waals surface area contributed by atoms with E-state index in [4.69, 9.17) is 5.73 Å². The lowest BCUT2D eigenvalue weighted by Gasteiger charge is -2.22. The Morgan fingerprint density at radius 1 is 1.16 bits per heavy atom. The molecule has 0 spiro atoms. The van der Waals surface area contributed by atoms with Gasteiger partial charge in [0.1, 0.15) is 6.54 Å². The van der Waals surface area contributed by atoms with Gasteiger partial charge in [-0.15, -0.1) is 0 Å². The number of anilines is 1. The third kappa shape index (κ3) is 3.08. The number of halogens is 1. The first kappa shape index (κ1) is 17.3. The molecule has 0 fully saturated rings. The minimum atomic E-state index is -2.02. The van der Waals surface area contributed by atoms with E-state index < -0.39 is 23.8 Å². The molecule has 0 aliphatic carbocycles. The van der Waals surface area contributed by atoms with Gasteiger partial charge in [0.15, 0.2) is 11.4 Å². The number of carbonyl (C=O) groups excluding carboxylic acids is 3. The normalized spacial score (nSPS) is 19.0. The van der Waals surface area contributed by atoms with E-state index in [9.17, 15) is 19.5 Å². The molecule has 25 heavy (non-hydrogen) atoms. The van der Waals surface area contributed by atoms with Crippen LogP contribution in [-0.4, -0.2) is 29.2 Å². The van der Waals surface area contributed by atoms with Crippen LogP contribution in [0.1, 0.15) is 22.3 Å². The average molecular weight is 403 g/mol. The topological polar surface area (TPSA) is 101 Å². The second-order valence-electron chi connectivity index (χ2n) is 5.85. The van der Waals surface area contributed by atoms with Crippen molar-refractivity contribution in [2.75, 3.05) is 11.4 Å². The van der Waals surface area contributed by atoms with Gasteiger partial charge in [-0.3, -0.25) is 19.3 Å². The maximum Gasteiger partial charge on any atom is 0.264 e. The number of Topliss-reactive ketones (excluding diaryl/α,β-unsaturated/α-hetero) is 1. The summed E-state index contributed by atoms with van der Waals surface area (Å²) in [4.78, 5) is 37.8. The Balaban J connectivity index is 1.98. The fourth-order valence-electron chi connectivity index (χ4n) is 2.99. The van der Waals surface area contributed by atoms with Gasteiger partial charge in [-0.1, -0.05) is 46.3 Å². The van der Waals surface area contributed by atoms with E-state index in [-0.39, 0.29) is 12.3 Å². The molecule has 1 heterocycles. The minimum Gasteiger partial charge on any atom is -0.375 e. The number of benzene rings is 2. The molecule has 3 N–H and O–H groups in total. The van der Waals surface area contributed by atoms with Crippen molar-refractivity contribution in [1.82, 2.24) is 0 Å². The number of nitrogens with two attached hydrogens (primary N) is 1. The van der Waals surface area contributed by atoms with Crippen LogP contribution in [0.2, 0.25) is 0 Å². The Kier molecular flexibility index (Phi) is 4.45. The molecule has 0 saturated heterocycles. The molecule has 7 heteroatoms. The van der Waals surface area contributed by atoms with E-state index in [0.29, 0.717) is 16.8 Å². The van der Waals surface area contributed by atoms with Crippen molar-refractivity contribution in [2.24, 2.45) is 5.73 Å². The minimum absolute atomic E-state index is 0.296. The first-order valence-corrected chi connectivity index (χ1v) is 8.33. The predicted molar refractivity (Wildman–Crippen MR) is 95.0 cm³/mol. The van der Waals surface area contributed by atoms with Gasteiger partial charge < -0.3 is 10.8 Å². The summed E-state index contributed by atoms with van der Waals surface area (Å²) in [6.45, 7) is -0.358. The number of para-hydroxylation sites is 1. The fraction of sp³-hybridized carbons (Fsp3) is 0.167. The summed E-state index contributed by atoms with van der Waals surface area (Å²) in [6, 6.07) is 13.2. The van der Waals surface area contributed by atoms with Crippen LogP contribution in [0, 0.1) is 0 Å². The zero-order chi connectivity index (χ0) is 18.2. The van der Waals surface area contributed by atoms with Crippen LogP contribution in [0.5, 0.6) is 0 Å². The summed E-state index contributed by atoms with van der Waals surface area (Å²) in [5, 5.41) is 11.0. The number of aliphatic hydroxyl groups is 1. The molecular formula is C18H15BrN2O4. The predicted octanol–water partition coefficient (Wildman–Crippen LogP) is 1.74. The number of rotatable bonds is 5. The zero-order valence-electron chi connectivity index (χ0n) is 13.1. The van der Waals surface area contributed by atoms with Crippen molar-refractivity contribution in [2.45, 2.75) is 12.0 Å². The number of nitrogens with zero attached hydrogens (tertiary/aromatic N) is 1. The summed E-state index contributed by atoms with van der Waals surface area (Å²) in [7, 11) is 0. The molecular weight excluding hydrogens is 388 g/mol. The van der Waals surface area contributed by atoms with Gasteiger partial charge in [0.25, 0.3) is 5.91 Å². The molecule has 2 amide bonds. The SMILES string of the molecule is NC(=O)CN1C(=O)[C@@](O)(CC(=O)c2cccc(Br)c2)c2ccccc21. The Labute approximate surface area is 152 Å². The number of amides is 2. The monoisotopic (exact) mass is 402 g/mol. The molecule has 0 radical (unpaired) electrons. The lowest BCUT2D eigenvalue weighted by atomic mass is 9.88. The van der Waals surface area contributed by atoms with Crippen molar-refractivity contribution in [3.63, 3.8) is 0 Å². The highest BCUT2D eigenvalue weighted by Crippen LogP contribution is 2.42. The van der Waals surface area contributed by atoms with Gasteiger partial charge in [0.2, 0.25) is 5.91 Å². The van der Waals surface area contributed by atoms with E-state index in [0.717, 1.165) is 9.37 Å². The molecule has 0 bridgehead atoms. The second kappa shape index (κ2) is 6.42. The molecule has 0 saturated carbocycles. The third-order valence-corrected chi connectivity index (χ3v) is 4.61. The number of primary amides is 1. The van der Waals surface area contributed by atoms with Crippen molar-refractivity contribution in [3.05, 3.63) is 64.1 Å². The zero-order valence-corrected chi connectivity index (χ0v) is 14.7. The summed E-state index contributed by atoms with van der Waals surface area (Å²) in [5.74, 6) is -1.81. The highest BCUT2D eigenvalue weighted by atomic mass is 79.9. The average Bonchev–Trinajstić information content (AvgIpc) is 2.77. The van der Waals surface area contributed by atoms with Crippen LogP contribution in [0.25, 0.3) is 0 Å². The van der Waals surface area contributed by atoms with E-state index in [1.54, 1.807) is 48.5 Å². The van der Waals surface area contributed by atoms with E-state index in [2.05, 4.69) is 15.9 Å². The van der Waals surface area contributed by atoms with E-state index >= 15 is 0 Å². The van der Waals surface area contributed by atoms with Gasteiger partial charge in [-0.05, 0) is 18.2 Å². The van der Waals surface area contributed by atoms with Crippen molar-refractivity contribution < 1.29 is 19.5 Å². The first-order chi connectivity index (χ1) is 11.8. The molecule has 128 valence electrons. The molecule has 0 unspecified atom stereocenters. The lowest BCUT2D eigenvalue weighted by molar-refractivity contribution is -0.136. The van der Waals surface area contributed by atoms with Gasteiger partial charge in [-0.2, -0.15) is 0 Å². The number of ketones is 1. The molecule has 6 nitrogen and oxygen atoms in total. The molecule has 3 rings (SSSR count). The van der Waals surface area contributed by atoms with Gasteiger partial charge >= 0.3 is 0 Å². The Morgan fingerprint density at radius 3 is 2.56 bits per heavy atom. The second-order valence-corrected chi connectivity index (χ2v) is 6.76. The molecule has 2 aromatic rings. The van der Waals surface area contributed by atoms with Crippen LogP contribution < -0.4 is 10.6 Å². The van der Waals surface area contributed by atoms with E-state index in [1.807, 2.05) is 0 Å². The van der Waals surface area contributed by atoms with Crippen LogP contribution >= 0.6 is 15.9 Å². The summed E-state index contributed by atoms with van der Waals surface area (Å²) < 4.78 is 0.721. The quantitative estimate of drug-likeness (QED) is 0.743. The Morgan fingerprint density at radius 2 is 1.88 bits per heavy atom. The molecule has 1 atom stereocenters. The van der Waals surface area contributed by atoms with Crippen LogP contribution in [0.3, 0.4) is 0 Å². The van der Waals surface area contributed by atoms with Gasteiger partial charge in [0, 0.05) is 15.6 Å². The van der Waals surface area contributed by atoms with Crippen LogP contribution in [0.4, 0.5) is 5.69 Å². The largest absolute Gasteiger partial charge is 0.375 e. The Bertz CT molecular complexity index is 883. The summed E-state index contributed by atoms with van der Waals surface area (Å²) >= 11 is 3.29. The highest BCUT2D eigenvalue weighted by molar-refractivity contribution is 9.10. The van der Waals surface area contributed by atoms with Gasteiger partial charge in [0.05, 0.1) is 12.1 Å². The number of fused-ring (bicyclic) bond motifs is 1. The third-order valence-electron chi connectivity index (χ3n) is 4.12. The number of carbonyl (C=O) groups is 3. The van der Waals surface area contributed by atoms with Crippen LogP contribution in [-0.2, 0) is 15.2 Å². The number of hydrogen-bond acceptors (Lipinski definition) is 4. The van der Waals surface area contributed by atoms with E-state index in [1.165, 1.54) is 0 Å². The van der Waals surface area contributed by atoms with Crippen LogP contribution in [0.15, 0.2) is 53.0 Å². The standard InChI is InChI=1S/C18H15BrN2O4/c19-12-5-3-4-11(8-12)15(22)9-18(25)13-6-1-2-7-14(13)21(17(18)24)10-16(20)23/h1-8,25H,9-10H2,(H2,20,23)/t18-/m1/s1. The molecule has 0 aromatic heterocycles. The summed E-state index contributed by atoms with van der Waals surface area (Å²) in [6.07, 6.45) is -0.422. The molecule has 1 aliphatic rings. The smallest absolute Gasteiger partial charge is 0.264 e. The maximum atomic E-state index is 12.8. The van der Waals surface area contributed by atoms with Crippen molar-refractivity contribution in [1.29, 1.82) is 0 Å². The summed E-state index contributed by atoms with van der Waals surface area (Å²) in [5.41, 5.74) is 4.24. The lowest BCUT2D eigenvalue weighted by Crippen LogP contribution is -2.44. The highest BCUT2D eigenvalue weighted by Gasteiger charge is 2.51. The fourth-order valence-corrected chi connectivity index (χ4v) is 3.39. The maximum absolute atomic E-state index is 12.8. The van der Waals surface area contributed by atoms with Gasteiger partial charge in [-0.25, -0.2) is 0 Å². The van der Waals surface area contributed by atoms with Crippen molar-refractivity contribution in [3.8, 4) is 0 Å². The number of hydrogen-bond donors (Lipinski definition) is 2.